The molecule has 24 heavy (non-hydrogen) atoms. The fraction of sp³-hybridized carbons (Fsp3) is 0.632. The minimum absolute atomic E-state index is 0.0174. The van der Waals surface area contributed by atoms with Crippen LogP contribution in [0.15, 0.2) is 24.3 Å². The molecular weight excluding hydrogens is 302 g/mol. The molecule has 1 saturated heterocycles. The molecule has 134 valence electrons. The van der Waals surface area contributed by atoms with E-state index in [2.05, 4.69) is 37.3 Å². The average Bonchev–Trinajstić information content (AvgIpc) is 2.55. The van der Waals surface area contributed by atoms with Crippen molar-refractivity contribution in [2.75, 3.05) is 47.9 Å². The van der Waals surface area contributed by atoms with Gasteiger partial charge in [-0.2, -0.15) is 0 Å². The highest BCUT2D eigenvalue weighted by Crippen LogP contribution is 2.26. The molecule has 0 spiro atoms. The van der Waals surface area contributed by atoms with Crippen molar-refractivity contribution >= 4 is 5.91 Å². The molecule has 0 unspecified atom stereocenters. The van der Waals surface area contributed by atoms with Crippen LogP contribution >= 0.6 is 0 Å². The maximum absolute atomic E-state index is 12.9. The minimum atomic E-state index is -0.273. The van der Waals surface area contributed by atoms with Crippen LogP contribution < -0.4 is 5.32 Å². The summed E-state index contributed by atoms with van der Waals surface area (Å²) in [4.78, 5) is 17.1. The van der Waals surface area contributed by atoms with E-state index in [-0.39, 0.29) is 17.5 Å². The zero-order chi connectivity index (χ0) is 17.7. The first-order valence-corrected chi connectivity index (χ1v) is 8.62. The third-order valence-corrected chi connectivity index (χ3v) is 5.21. The van der Waals surface area contributed by atoms with Crippen molar-refractivity contribution in [3.05, 3.63) is 35.4 Å². The van der Waals surface area contributed by atoms with Gasteiger partial charge in [-0.25, -0.2) is 0 Å². The number of nitrogens with zero attached hydrogens (tertiary/aromatic N) is 2. The fourth-order valence-corrected chi connectivity index (χ4v) is 3.43. The Bertz CT molecular complexity index is 551. The lowest BCUT2D eigenvalue weighted by atomic mass is 9.88. The van der Waals surface area contributed by atoms with Crippen molar-refractivity contribution < 1.29 is 9.53 Å². The summed E-state index contributed by atoms with van der Waals surface area (Å²) in [6.45, 7) is 4.21. The van der Waals surface area contributed by atoms with Crippen LogP contribution in [-0.4, -0.2) is 69.2 Å². The summed E-state index contributed by atoms with van der Waals surface area (Å²) in [5.41, 5.74) is 2.18. The number of amides is 1. The van der Waals surface area contributed by atoms with Crippen molar-refractivity contribution in [1.29, 1.82) is 0 Å². The summed E-state index contributed by atoms with van der Waals surface area (Å²) in [6.07, 6.45) is 1.88. The number of nitrogens with one attached hydrogen (secondary N) is 1. The number of carbonyl (C=O) groups is 1. The van der Waals surface area contributed by atoms with Gasteiger partial charge in [0.05, 0.1) is 0 Å². The average molecular weight is 333 g/mol. The Labute approximate surface area is 146 Å². The highest BCUT2D eigenvalue weighted by atomic mass is 16.5. The number of hydrogen-bond donors (Lipinski definition) is 1. The van der Waals surface area contributed by atoms with E-state index < -0.39 is 0 Å². The molecule has 0 saturated carbocycles. The van der Waals surface area contributed by atoms with Gasteiger partial charge in [0, 0.05) is 25.3 Å². The molecule has 1 atom stereocenters. The summed E-state index contributed by atoms with van der Waals surface area (Å²) in [6, 6.07) is 7.82. The highest BCUT2D eigenvalue weighted by Gasteiger charge is 2.36. The molecule has 1 amide bonds. The number of aryl methyl sites for hydroxylation is 1. The Balaban J connectivity index is 2.12. The molecule has 2 rings (SSSR count). The first-order chi connectivity index (χ1) is 11.4. The van der Waals surface area contributed by atoms with Gasteiger partial charge in [-0.05, 0) is 59.1 Å². The zero-order valence-electron chi connectivity index (χ0n) is 15.6. The van der Waals surface area contributed by atoms with Crippen LogP contribution in [0, 0.1) is 6.92 Å². The molecule has 5 heteroatoms. The standard InChI is InChI=1S/C19H31N3O2/c1-15-8-6-7-9-16(15)17(21(2)3)18(23)20-14-19(22(4)5)10-12-24-13-11-19/h6-9,17H,10-14H2,1-5H3,(H,20,23)/t17-/m1/s1. The molecular formula is C19H31N3O2. The van der Waals surface area contributed by atoms with Gasteiger partial charge in [0.1, 0.15) is 6.04 Å². The summed E-state index contributed by atoms with van der Waals surface area (Å²) in [5.74, 6) is 0.0574. The lowest BCUT2D eigenvalue weighted by molar-refractivity contribution is -0.127. The maximum atomic E-state index is 12.9. The van der Waals surface area contributed by atoms with Crippen molar-refractivity contribution in [1.82, 2.24) is 15.1 Å². The summed E-state index contributed by atoms with van der Waals surface area (Å²) in [7, 11) is 8.07. The van der Waals surface area contributed by atoms with E-state index >= 15 is 0 Å². The first-order valence-electron chi connectivity index (χ1n) is 8.62. The number of ether oxygens (including phenoxy) is 1. The van der Waals surface area contributed by atoms with Gasteiger partial charge in [0.25, 0.3) is 0 Å². The van der Waals surface area contributed by atoms with E-state index in [4.69, 9.17) is 4.74 Å². The van der Waals surface area contributed by atoms with E-state index in [9.17, 15) is 4.79 Å². The number of rotatable bonds is 6. The van der Waals surface area contributed by atoms with E-state index in [0.717, 1.165) is 37.2 Å². The number of benzene rings is 1. The van der Waals surface area contributed by atoms with Gasteiger partial charge in [0.15, 0.2) is 0 Å². The molecule has 1 aromatic rings. The summed E-state index contributed by atoms with van der Waals surface area (Å²) >= 11 is 0. The topological polar surface area (TPSA) is 44.8 Å². The fourth-order valence-electron chi connectivity index (χ4n) is 3.43. The summed E-state index contributed by atoms with van der Waals surface area (Å²) in [5, 5.41) is 3.20. The SMILES string of the molecule is Cc1ccccc1[C@H](C(=O)NCC1(N(C)C)CCOCC1)N(C)C. The Hall–Kier alpha value is -1.43. The Morgan fingerprint density at radius 3 is 2.38 bits per heavy atom. The van der Waals surface area contributed by atoms with Crippen LogP contribution in [0.4, 0.5) is 0 Å². The van der Waals surface area contributed by atoms with E-state index in [1.807, 2.05) is 37.2 Å². The van der Waals surface area contributed by atoms with Crippen molar-refractivity contribution in [3.8, 4) is 0 Å². The van der Waals surface area contributed by atoms with Crippen LogP contribution in [0.25, 0.3) is 0 Å². The maximum Gasteiger partial charge on any atom is 0.242 e. The number of likely N-dealkylation sites (N-methyl/N-ethyl adjacent to an activating group) is 2. The Kier molecular flexibility index (Phi) is 6.38. The lowest BCUT2D eigenvalue weighted by Gasteiger charge is -2.43. The predicted molar refractivity (Wildman–Crippen MR) is 97.1 cm³/mol. The second-order valence-electron chi connectivity index (χ2n) is 7.17. The second-order valence-corrected chi connectivity index (χ2v) is 7.17. The van der Waals surface area contributed by atoms with E-state index in [0.29, 0.717) is 6.54 Å². The van der Waals surface area contributed by atoms with Gasteiger partial charge in [-0.3, -0.25) is 9.69 Å². The van der Waals surface area contributed by atoms with Gasteiger partial charge >= 0.3 is 0 Å². The summed E-state index contributed by atoms with van der Waals surface area (Å²) < 4.78 is 5.50. The molecule has 5 nitrogen and oxygen atoms in total. The number of carbonyl (C=O) groups excluding carboxylic acids is 1. The lowest BCUT2D eigenvalue weighted by Crippen LogP contribution is -2.56. The largest absolute Gasteiger partial charge is 0.381 e. The molecule has 0 aliphatic carbocycles. The van der Waals surface area contributed by atoms with Gasteiger partial charge < -0.3 is 15.0 Å². The minimum Gasteiger partial charge on any atom is -0.381 e. The zero-order valence-corrected chi connectivity index (χ0v) is 15.6. The predicted octanol–water partition coefficient (Wildman–Crippen LogP) is 1.82. The molecule has 1 N–H and O–H groups in total. The molecule has 1 aliphatic rings. The van der Waals surface area contributed by atoms with Crippen molar-refractivity contribution in [3.63, 3.8) is 0 Å². The third-order valence-electron chi connectivity index (χ3n) is 5.21. The second kappa shape index (κ2) is 8.10. The van der Waals surface area contributed by atoms with Crippen LogP contribution in [0.5, 0.6) is 0 Å². The quantitative estimate of drug-likeness (QED) is 0.863. The molecule has 1 aromatic carbocycles. The van der Waals surface area contributed by atoms with Crippen LogP contribution in [0.2, 0.25) is 0 Å². The van der Waals surface area contributed by atoms with Gasteiger partial charge in [-0.15, -0.1) is 0 Å². The van der Waals surface area contributed by atoms with E-state index in [1.54, 1.807) is 0 Å². The Morgan fingerprint density at radius 2 is 1.83 bits per heavy atom. The van der Waals surface area contributed by atoms with Gasteiger partial charge in [-0.1, -0.05) is 24.3 Å². The van der Waals surface area contributed by atoms with Crippen LogP contribution in [0.3, 0.4) is 0 Å². The van der Waals surface area contributed by atoms with Crippen LogP contribution in [0.1, 0.15) is 30.0 Å². The van der Waals surface area contributed by atoms with Gasteiger partial charge in [0.2, 0.25) is 5.91 Å². The molecule has 0 aromatic heterocycles. The third kappa shape index (κ3) is 4.15. The first kappa shape index (κ1) is 18.9. The van der Waals surface area contributed by atoms with E-state index in [1.165, 1.54) is 0 Å². The molecule has 1 fully saturated rings. The normalized spacial score (nSPS) is 18.6. The van der Waals surface area contributed by atoms with Crippen molar-refractivity contribution in [2.24, 2.45) is 0 Å². The number of hydrogen-bond acceptors (Lipinski definition) is 4. The smallest absolute Gasteiger partial charge is 0.242 e. The highest BCUT2D eigenvalue weighted by molar-refractivity contribution is 5.83. The molecule has 1 aliphatic heterocycles. The monoisotopic (exact) mass is 333 g/mol. The Morgan fingerprint density at radius 1 is 1.21 bits per heavy atom. The molecule has 0 radical (unpaired) electrons. The van der Waals surface area contributed by atoms with Crippen molar-refractivity contribution in [2.45, 2.75) is 31.3 Å². The molecule has 1 heterocycles. The molecule has 0 bridgehead atoms. The van der Waals surface area contributed by atoms with Crippen LogP contribution in [-0.2, 0) is 9.53 Å².